The Morgan fingerprint density at radius 2 is 1.28 bits per heavy atom. The van der Waals surface area contributed by atoms with Crippen LogP contribution in [-0.2, 0) is 33.9 Å². The molecule has 10 heteroatoms. The van der Waals surface area contributed by atoms with E-state index in [-0.39, 0.29) is 32.2 Å². The number of pyridine rings is 1. The van der Waals surface area contributed by atoms with Gasteiger partial charge in [0.2, 0.25) is 0 Å². The predicted octanol–water partition coefficient (Wildman–Crippen LogP) is 3.23. The van der Waals surface area contributed by atoms with Gasteiger partial charge in [0.25, 0.3) is 0 Å². The molecule has 2 aromatic rings. The molecule has 0 saturated carbocycles. The second-order valence-electron chi connectivity index (χ2n) is 9.00. The van der Waals surface area contributed by atoms with Gasteiger partial charge in [-0.15, -0.1) is 0 Å². The molecular formula is C29H44N4O6. The first kappa shape index (κ1) is 33.7. The summed E-state index contributed by atoms with van der Waals surface area (Å²) in [7, 11) is 0. The first-order valence-electron chi connectivity index (χ1n) is 13.5. The summed E-state index contributed by atoms with van der Waals surface area (Å²) in [6.45, 7) is 10.9. The summed E-state index contributed by atoms with van der Waals surface area (Å²) in [4.78, 5) is 44.8. The highest BCUT2D eigenvalue weighted by atomic mass is 16.4. The Morgan fingerprint density at radius 3 is 1.85 bits per heavy atom. The summed E-state index contributed by atoms with van der Waals surface area (Å²) in [6, 6.07) is 13.2. The zero-order valence-corrected chi connectivity index (χ0v) is 23.8. The fourth-order valence-electron chi connectivity index (χ4n) is 4.35. The predicted molar refractivity (Wildman–Crippen MR) is 151 cm³/mol. The number of aromatic nitrogens is 1. The van der Waals surface area contributed by atoms with E-state index in [2.05, 4.69) is 4.98 Å². The van der Waals surface area contributed by atoms with Gasteiger partial charge in [-0.3, -0.25) is 34.1 Å². The molecule has 2 bridgehead atoms. The van der Waals surface area contributed by atoms with E-state index in [4.69, 9.17) is 0 Å². The molecule has 0 radical (unpaired) electrons. The van der Waals surface area contributed by atoms with E-state index in [0.717, 1.165) is 11.1 Å². The second-order valence-corrected chi connectivity index (χ2v) is 9.00. The molecule has 0 saturated heterocycles. The molecule has 216 valence electrons. The summed E-state index contributed by atoms with van der Waals surface area (Å²) >= 11 is 0. The van der Waals surface area contributed by atoms with Gasteiger partial charge in [0.1, 0.15) is 0 Å². The number of benzene rings is 1. The number of hydrogen-bond acceptors (Lipinski definition) is 7. The smallest absolute Gasteiger partial charge is 0.317 e. The van der Waals surface area contributed by atoms with Gasteiger partial charge >= 0.3 is 17.9 Å². The highest BCUT2D eigenvalue weighted by Crippen LogP contribution is 2.17. The van der Waals surface area contributed by atoms with Crippen LogP contribution in [0.5, 0.6) is 0 Å². The molecule has 1 aromatic heterocycles. The van der Waals surface area contributed by atoms with Crippen LogP contribution in [0.15, 0.2) is 42.5 Å². The molecule has 3 N–H and O–H groups in total. The van der Waals surface area contributed by atoms with Gasteiger partial charge in [0.15, 0.2) is 0 Å². The van der Waals surface area contributed by atoms with Crippen molar-refractivity contribution in [2.24, 2.45) is 0 Å². The van der Waals surface area contributed by atoms with Crippen molar-refractivity contribution in [3.8, 4) is 0 Å². The summed E-state index contributed by atoms with van der Waals surface area (Å²) in [6.07, 6.45) is 0.530. The Bertz CT molecular complexity index is 1030. The average Bonchev–Trinajstić information content (AvgIpc) is 2.89. The number of carboxylic acid groups (broad SMARTS) is 3. The topological polar surface area (TPSA) is 135 Å². The van der Waals surface area contributed by atoms with Gasteiger partial charge in [0, 0.05) is 38.8 Å². The minimum atomic E-state index is -0.993. The van der Waals surface area contributed by atoms with E-state index in [0.29, 0.717) is 44.0 Å². The van der Waals surface area contributed by atoms with E-state index < -0.39 is 17.9 Å². The van der Waals surface area contributed by atoms with Crippen molar-refractivity contribution in [2.75, 3.05) is 39.3 Å². The van der Waals surface area contributed by atoms with Gasteiger partial charge in [0.05, 0.1) is 31.0 Å². The van der Waals surface area contributed by atoms with Crippen LogP contribution >= 0.6 is 0 Å². The third-order valence-electron chi connectivity index (χ3n) is 5.98. The first-order chi connectivity index (χ1) is 18.7. The third kappa shape index (κ3) is 12.8. The highest BCUT2D eigenvalue weighted by molar-refractivity contribution is 5.70. The molecule has 10 nitrogen and oxygen atoms in total. The molecular weight excluding hydrogens is 500 g/mol. The Hall–Kier alpha value is -3.34. The quantitative estimate of drug-likeness (QED) is 0.455. The van der Waals surface area contributed by atoms with Crippen LogP contribution in [0, 0.1) is 6.92 Å². The number of rotatable bonds is 8. The van der Waals surface area contributed by atoms with E-state index in [1.165, 1.54) is 0 Å². The van der Waals surface area contributed by atoms with Crippen LogP contribution in [0.2, 0.25) is 0 Å². The van der Waals surface area contributed by atoms with Crippen molar-refractivity contribution in [3.05, 3.63) is 65.0 Å². The molecule has 1 atom stereocenters. The molecule has 39 heavy (non-hydrogen) atoms. The number of aliphatic carboxylic acids is 3. The van der Waals surface area contributed by atoms with E-state index in [1.54, 1.807) is 9.80 Å². The van der Waals surface area contributed by atoms with Crippen molar-refractivity contribution in [1.29, 1.82) is 0 Å². The normalized spacial score (nSPS) is 16.8. The maximum atomic E-state index is 11.8. The molecule has 0 amide bonds. The van der Waals surface area contributed by atoms with Crippen LogP contribution in [0.4, 0.5) is 0 Å². The molecule has 1 aliphatic heterocycles. The molecule has 3 rings (SSSR count). The second kappa shape index (κ2) is 18.0. The molecule has 1 unspecified atom stereocenters. The van der Waals surface area contributed by atoms with Crippen molar-refractivity contribution >= 4 is 17.9 Å². The van der Waals surface area contributed by atoms with E-state index in [9.17, 15) is 29.7 Å². The Kier molecular flexibility index (Phi) is 15.6. The lowest BCUT2D eigenvalue weighted by Gasteiger charge is -2.35. The summed E-state index contributed by atoms with van der Waals surface area (Å²) < 4.78 is 0. The van der Waals surface area contributed by atoms with Crippen molar-refractivity contribution < 1.29 is 29.7 Å². The Morgan fingerprint density at radius 1 is 0.769 bits per heavy atom. The number of aryl methyl sites for hydroxylation is 1. The van der Waals surface area contributed by atoms with Crippen LogP contribution in [0.25, 0.3) is 0 Å². The Labute approximate surface area is 231 Å². The largest absolute Gasteiger partial charge is 0.480 e. The van der Waals surface area contributed by atoms with E-state index >= 15 is 0 Å². The van der Waals surface area contributed by atoms with Crippen LogP contribution in [-0.4, -0.2) is 98.2 Å². The Balaban J connectivity index is 0.00000181. The summed E-state index contributed by atoms with van der Waals surface area (Å²) in [5, 5.41) is 28.5. The van der Waals surface area contributed by atoms with Gasteiger partial charge < -0.3 is 15.3 Å². The lowest BCUT2D eigenvalue weighted by molar-refractivity contribution is -0.141. The number of carbonyl (C=O) groups is 3. The fraction of sp³-hybridized carbons (Fsp3) is 0.517. The molecule has 0 aliphatic carbocycles. The lowest BCUT2D eigenvalue weighted by atomic mass is 10.0. The van der Waals surface area contributed by atoms with E-state index in [1.807, 2.05) is 82.0 Å². The maximum absolute atomic E-state index is 11.8. The number of carboxylic acids is 3. The monoisotopic (exact) mass is 544 g/mol. The number of hydrogen-bond donors (Lipinski definition) is 3. The zero-order valence-electron chi connectivity index (χ0n) is 23.8. The first-order valence-corrected chi connectivity index (χ1v) is 13.5. The van der Waals surface area contributed by atoms with Gasteiger partial charge in [-0.05, 0) is 31.0 Å². The van der Waals surface area contributed by atoms with Gasteiger partial charge in [-0.1, -0.05) is 63.6 Å². The van der Waals surface area contributed by atoms with Crippen LogP contribution in [0.3, 0.4) is 0 Å². The minimum Gasteiger partial charge on any atom is -0.480 e. The zero-order chi connectivity index (χ0) is 29.4. The SMILES string of the molecule is CC.CC.Cc1ccc(CC2CN(CC(=O)O)CCN(CC(=O)O)Cc3cccc(n3)CN2CC(=O)O)cc1. The summed E-state index contributed by atoms with van der Waals surface area (Å²) in [5.74, 6) is -2.94. The number of nitrogens with zero attached hydrogens (tertiary/aromatic N) is 4. The van der Waals surface area contributed by atoms with Gasteiger partial charge in [-0.2, -0.15) is 0 Å². The third-order valence-corrected chi connectivity index (χ3v) is 5.98. The molecule has 0 fully saturated rings. The van der Waals surface area contributed by atoms with Gasteiger partial charge in [-0.25, -0.2) is 0 Å². The standard InChI is InChI=1S/C25H32N4O6.2C2H6/c1-18-5-7-19(8-6-18)11-22-14-28(16-24(32)33)10-9-27(15-23(30)31)12-20-3-2-4-21(26-20)13-29(22)17-25(34)35;2*1-2/h2-8,22H,9-17H2,1H3,(H,30,31)(H,32,33)(H,34,35);2*1-2H3. The molecule has 2 heterocycles. The minimum absolute atomic E-state index is 0.190. The van der Waals surface area contributed by atoms with Crippen molar-refractivity contribution in [3.63, 3.8) is 0 Å². The molecule has 1 aliphatic rings. The van der Waals surface area contributed by atoms with Crippen molar-refractivity contribution in [2.45, 2.75) is 60.2 Å². The molecule has 0 spiro atoms. The number of fused-ring (bicyclic) bond motifs is 2. The summed E-state index contributed by atoms with van der Waals surface area (Å²) in [5.41, 5.74) is 3.49. The van der Waals surface area contributed by atoms with Crippen molar-refractivity contribution in [1.82, 2.24) is 19.7 Å². The fourth-order valence-corrected chi connectivity index (χ4v) is 4.35. The average molecular weight is 545 g/mol. The van der Waals surface area contributed by atoms with Crippen LogP contribution < -0.4 is 0 Å². The molecule has 1 aromatic carbocycles. The van der Waals surface area contributed by atoms with Crippen LogP contribution in [0.1, 0.15) is 50.2 Å². The lowest BCUT2D eigenvalue weighted by Crippen LogP contribution is -2.50. The highest BCUT2D eigenvalue weighted by Gasteiger charge is 2.27. The maximum Gasteiger partial charge on any atom is 0.317 e.